The van der Waals surface area contributed by atoms with Gasteiger partial charge in [-0.25, -0.2) is 4.98 Å². The van der Waals surface area contributed by atoms with Gasteiger partial charge in [-0.05, 0) is 29.2 Å². The molecular weight excluding hydrogens is 376 g/mol. The topological polar surface area (TPSA) is 70.4 Å². The lowest BCUT2D eigenvalue weighted by molar-refractivity contribution is -0.239. The van der Waals surface area contributed by atoms with Crippen molar-refractivity contribution in [2.24, 2.45) is 5.41 Å². The molecule has 6 nitrogen and oxygen atoms in total. The normalized spacial score (nSPS) is 18.2. The lowest BCUT2D eigenvalue weighted by Gasteiger charge is -2.46. The highest BCUT2D eigenvalue weighted by Gasteiger charge is 2.41. The van der Waals surface area contributed by atoms with Gasteiger partial charge in [-0.15, -0.1) is 0 Å². The van der Waals surface area contributed by atoms with Crippen LogP contribution in [0.3, 0.4) is 0 Å². The molecule has 0 radical (unpaired) electrons. The summed E-state index contributed by atoms with van der Waals surface area (Å²) in [7, 11) is 0. The molecule has 30 heavy (non-hydrogen) atoms. The van der Waals surface area contributed by atoms with Gasteiger partial charge in [0.05, 0.1) is 25.1 Å². The van der Waals surface area contributed by atoms with E-state index in [2.05, 4.69) is 59.4 Å². The largest absolute Gasteiger partial charge is 0.366 e. The van der Waals surface area contributed by atoms with Gasteiger partial charge in [-0.1, -0.05) is 38.1 Å². The highest BCUT2D eigenvalue weighted by molar-refractivity contribution is 5.46. The monoisotopic (exact) mass is 406 g/mol. The van der Waals surface area contributed by atoms with E-state index in [1.807, 2.05) is 6.07 Å². The lowest BCUT2D eigenvalue weighted by Crippen LogP contribution is -2.61. The van der Waals surface area contributed by atoms with Gasteiger partial charge in [0.25, 0.3) is 0 Å². The van der Waals surface area contributed by atoms with E-state index in [-0.39, 0.29) is 11.7 Å². The molecule has 0 amide bonds. The number of nitriles is 1. The van der Waals surface area contributed by atoms with E-state index in [0.717, 1.165) is 51.5 Å². The van der Waals surface area contributed by atoms with Crippen LogP contribution in [-0.4, -0.2) is 44.1 Å². The van der Waals surface area contributed by atoms with Crippen molar-refractivity contribution in [3.63, 3.8) is 0 Å². The minimum Gasteiger partial charge on any atom is -0.366 e. The van der Waals surface area contributed by atoms with Crippen molar-refractivity contribution in [1.82, 2.24) is 10.3 Å². The third kappa shape index (κ3) is 4.81. The Labute approximate surface area is 178 Å². The van der Waals surface area contributed by atoms with Crippen LogP contribution < -0.4 is 10.2 Å². The van der Waals surface area contributed by atoms with E-state index in [0.29, 0.717) is 11.6 Å². The Morgan fingerprint density at radius 2 is 1.90 bits per heavy atom. The molecule has 0 saturated carbocycles. The molecule has 2 fully saturated rings. The molecule has 1 aromatic carbocycles. The van der Waals surface area contributed by atoms with Crippen molar-refractivity contribution in [2.45, 2.75) is 39.0 Å². The van der Waals surface area contributed by atoms with Crippen molar-refractivity contribution >= 4 is 5.69 Å². The molecule has 0 atom stereocenters. The van der Waals surface area contributed by atoms with E-state index >= 15 is 0 Å². The highest BCUT2D eigenvalue weighted by atomic mass is 16.7. The van der Waals surface area contributed by atoms with Crippen LogP contribution in [0.25, 0.3) is 0 Å². The van der Waals surface area contributed by atoms with Gasteiger partial charge in [-0.3, -0.25) is 0 Å². The van der Waals surface area contributed by atoms with Gasteiger partial charge < -0.3 is 19.7 Å². The number of aromatic nitrogens is 1. The van der Waals surface area contributed by atoms with E-state index in [1.54, 1.807) is 12.3 Å². The van der Waals surface area contributed by atoms with Crippen LogP contribution in [0, 0.1) is 16.7 Å². The Kier molecular flexibility index (Phi) is 6.33. The smallest absolute Gasteiger partial charge is 0.159 e. The number of anilines is 1. The van der Waals surface area contributed by atoms with Crippen molar-refractivity contribution in [1.29, 1.82) is 5.26 Å². The Morgan fingerprint density at radius 3 is 2.43 bits per heavy atom. The van der Waals surface area contributed by atoms with Crippen molar-refractivity contribution in [3.05, 3.63) is 59.4 Å². The molecule has 158 valence electrons. The van der Waals surface area contributed by atoms with Crippen LogP contribution in [0.4, 0.5) is 5.69 Å². The van der Waals surface area contributed by atoms with Crippen LogP contribution in [0.5, 0.6) is 0 Å². The summed E-state index contributed by atoms with van der Waals surface area (Å²) in [5.41, 5.74) is 4.20. The van der Waals surface area contributed by atoms with E-state index in [9.17, 15) is 0 Å². The van der Waals surface area contributed by atoms with Crippen molar-refractivity contribution in [2.75, 3.05) is 37.7 Å². The minimum atomic E-state index is -0.173. The molecular formula is C24H30N4O2. The van der Waals surface area contributed by atoms with Crippen LogP contribution in [0.15, 0.2) is 42.6 Å². The Hall–Kier alpha value is -2.46. The molecule has 6 heteroatoms. The average molecular weight is 407 g/mol. The number of hydrogen-bond donors (Lipinski definition) is 1. The predicted molar refractivity (Wildman–Crippen MR) is 116 cm³/mol. The first-order chi connectivity index (χ1) is 14.6. The number of hydrogen-bond acceptors (Lipinski definition) is 6. The van der Waals surface area contributed by atoms with Crippen LogP contribution in [0.1, 0.15) is 43.0 Å². The zero-order valence-corrected chi connectivity index (χ0v) is 17.8. The number of benzene rings is 1. The highest BCUT2D eigenvalue weighted by Crippen LogP contribution is 2.30. The van der Waals surface area contributed by atoms with Gasteiger partial charge >= 0.3 is 0 Å². The van der Waals surface area contributed by atoms with Crippen LogP contribution in [-0.2, 0) is 16.0 Å². The second-order valence-corrected chi connectivity index (χ2v) is 8.78. The fourth-order valence-corrected chi connectivity index (χ4v) is 3.91. The van der Waals surface area contributed by atoms with E-state index < -0.39 is 0 Å². The summed E-state index contributed by atoms with van der Waals surface area (Å²) < 4.78 is 12.0. The van der Waals surface area contributed by atoms with Crippen molar-refractivity contribution in [3.8, 4) is 6.07 Å². The third-order valence-electron chi connectivity index (χ3n) is 6.03. The lowest BCUT2D eigenvalue weighted by atomic mass is 9.83. The van der Waals surface area contributed by atoms with Gasteiger partial charge in [0.2, 0.25) is 0 Å². The van der Waals surface area contributed by atoms with Crippen LogP contribution in [0.2, 0.25) is 0 Å². The van der Waals surface area contributed by atoms with Gasteiger partial charge in [0.1, 0.15) is 11.8 Å². The predicted octanol–water partition coefficient (Wildman–Crippen LogP) is 3.44. The molecule has 2 aliphatic heterocycles. The molecule has 0 aliphatic carbocycles. The Balaban J connectivity index is 1.42. The zero-order chi connectivity index (χ0) is 21.0. The van der Waals surface area contributed by atoms with Gasteiger partial charge in [0.15, 0.2) is 6.29 Å². The first-order valence-electron chi connectivity index (χ1n) is 10.7. The molecule has 1 N–H and O–H groups in total. The summed E-state index contributed by atoms with van der Waals surface area (Å²) in [6, 6.07) is 14.6. The molecule has 0 bridgehead atoms. The fourth-order valence-electron chi connectivity index (χ4n) is 3.91. The molecule has 3 heterocycles. The number of rotatable bonds is 7. The van der Waals surface area contributed by atoms with E-state index in [4.69, 9.17) is 14.7 Å². The summed E-state index contributed by atoms with van der Waals surface area (Å²) >= 11 is 0. The summed E-state index contributed by atoms with van der Waals surface area (Å²) in [5.74, 6) is 0.521. The molecule has 2 saturated heterocycles. The fraction of sp³-hybridized carbons (Fsp3) is 0.500. The quantitative estimate of drug-likeness (QED) is 0.760. The summed E-state index contributed by atoms with van der Waals surface area (Å²) in [5, 5.41) is 12.4. The second-order valence-electron chi connectivity index (χ2n) is 8.78. The minimum absolute atomic E-state index is 0.173. The average Bonchev–Trinajstić information content (AvgIpc) is 2.76. The number of nitrogens with zero attached hydrogens (tertiary/aromatic N) is 3. The van der Waals surface area contributed by atoms with Crippen molar-refractivity contribution < 1.29 is 9.47 Å². The third-order valence-corrected chi connectivity index (χ3v) is 6.03. The molecule has 1 spiro atoms. The zero-order valence-electron chi connectivity index (χ0n) is 17.8. The molecule has 4 rings (SSSR count). The first kappa shape index (κ1) is 20.8. The maximum absolute atomic E-state index is 9.05. The van der Waals surface area contributed by atoms with Gasteiger partial charge in [0, 0.05) is 38.0 Å². The summed E-state index contributed by atoms with van der Waals surface area (Å²) in [4.78, 5) is 6.54. The number of ether oxygens (including phenoxy) is 2. The number of pyridine rings is 1. The Morgan fingerprint density at radius 1 is 1.17 bits per heavy atom. The molecule has 2 aliphatic rings. The Bertz CT molecular complexity index is 860. The molecule has 0 unspecified atom stereocenters. The number of nitrogens with one attached hydrogen (secondary N) is 1. The second kappa shape index (κ2) is 9.13. The molecule has 2 aromatic rings. The van der Waals surface area contributed by atoms with Crippen LogP contribution >= 0.6 is 0 Å². The summed E-state index contributed by atoms with van der Waals surface area (Å²) in [6.07, 6.45) is 2.39. The van der Waals surface area contributed by atoms with E-state index in [1.165, 1.54) is 11.1 Å². The van der Waals surface area contributed by atoms with Gasteiger partial charge in [-0.2, -0.15) is 5.26 Å². The first-order valence-corrected chi connectivity index (χ1v) is 10.7. The standard InChI is InChI=1S/C24H30N4O2/c1-18(2)20-5-3-19(4-6-20)13-28(22-8-7-21(11-25)27-12-22)10-9-23-29-16-24(17-30-23)14-26-15-24/h3-8,12,18,23,26H,9-10,13-17H2,1-2H3. The summed E-state index contributed by atoms with van der Waals surface area (Å²) in [6.45, 7) is 9.46. The maximum Gasteiger partial charge on any atom is 0.159 e. The maximum atomic E-state index is 9.05. The SMILES string of the molecule is CC(C)c1ccc(CN(CCC2OCC3(CNC3)CO2)c2ccc(C#N)nc2)cc1. The molecule has 1 aromatic heterocycles.